The minimum Gasteiger partial charge on any atom is -0.481 e. The van der Waals surface area contributed by atoms with Gasteiger partial charge in [-0.15, -0.1) is 0 Å². The summed E-state index contributed by atoms with van der Waals surface area (Å²) in [4.78, 5) is 14.1. The van der Waals surface area contributed by atoms with Gasteiger partial charge in [-0.1, -0.05) is 18.2 Å². The molecule has 0 aliphatic carbocycles. The third-order valence-corrected chi connectivity index (χ3v) is 4.73. The van der Waals surface area contributed by atoms with Gasteiger partial charge in [0.05, 0.1) is 5.41 Å². The molecule has 0 saturated carbocycles. The van der Waals surface area contributed by atoms with Gasteiger partial charge in [0.25, 0.3) is 0 Å². The molecule has 0 aromatic heterocycles. The Hall–Kier alpha value is -1.55. The minimum absolute atomic E-state index is 0.367. The van der Waals surface area contributed by atoms with Gasteiger partial charge in [0.2, 0.25) is 0 Å². The lowest BCUT2D eigenvalue weighted by Crippen LogP contribution is -2.48. The lowest BCUT2D eigenvalue weighted by Gasteiger charge is -2.39. The van der Waals surface area contributed by atoms with E-state index in [0.29, 0.717) is 38.6 Å². The third-order valence-electron chi connectivity index (χ3n) is 4.73. The van der Waals surface area contributed by atoms with Crippen LogP contribution in [0, 0.1) is 5.41 Å². The average Bonchev–Trinajstić information content (AvgIpc) is 2.76. The number of nitrogens with zero attached hydrogens (tertiary/aromatic N) is 1. The lowest BCUT2D eigenvalue weighted by molar-refractivity contribution is -0.154. The zero-order chi connectivity index (χ0) is 14.2. The standard InChI is InChI=1S/C16H21NO3/c1-12-10-13-4-2-3-5-14(13)17(12)11-16(15(18)19)6-8-20-9-7-16/h2-5,12H,6-11H2,1H3,(H,18,19). The fourth-order valence-corrected chi connectivity index (χ4v) is 3.40. The van der Waals surface area contributed by atoms with E-state index in [9.17, 15) is 9.90 Å². The van der Waals surface area contributed by atoms with E-state index in [2.05, 4.69) is 30.0 Å². The molecule has 2 heterocycles. The van der Waals surface area contributed by atoms with Crippen LogP contribution in [-0.2, 0) is 16.0 Å². The summed E-state index contributed by atoms with van der Waals surface area (Å²) in [5.74, 6) is -0.683. The highest BCUT2D eigenvalue weighted by Gasteiger charge is 2.43. The van der Waals surface area contributed by atoms with Gasteiger partial charge in [0.1, 0.15) is 0 Å². The van der Waals surface area contributed by atoms with E-state index in [1.165, 1.54) is 11.3 Å². The Bertz CT molecular complexity index is 508. The van der Waals surface area contributed by atoms with Gasteiger partial charge in [0, 0.05) is 31.5 Å². The highest BCUT2D eigenvalue weighted by atomic mass is 16.5. The fourth-order valence-electron chi connectivity index (χ4n) is 3.40. The Morgan fingerprint density at radius 2 is 2.10 bits per heavy atom. The number of carboxylic acid groups (broad SMARTS) is 1. The van der Waals surface area contributed by atoms with Gasteiger partial charge >= 0.3 is 5.97 Å². The first-order chi connectivity index (χ1) is 9.62. The Morgan fingerprint density at radius 1 is 1.40 bits per heavy atom. The van der Waals surface area contributed by atoms with Crippen molar-refractivity contribution in [2.45, 2.75) is 32.2 Å². The number of rotatable bonds is 3. The van der Waals surface area contributed by atoms with E-state index in [-0.39, 0.29) is 0 Å². The fraction of sp³-hybridized carbons (Fsp3) is 0.562. The summed E-state index contributed by atoms with van der Waals surface area (Å²) in [6.07, 6.45) is 2.21. The Kier molecular flexibility index (Phi) is 3.42. The number of anilines is 1. The maximum atomic E-state index is 11.8. The average molecular weight is 275 g/mol. The van der Waals surface area contributed by atoms with Crippen LogP contribution in [0.2, 0.25) is 0 Å². The molecule has 1 saturated heterocycles. The molecule has 1 aromatic carbocycles. The molecule has 0 bridgehead atoms. The third kappa shape index (κ3) is 2.18. The van der Waals surface area contributed by atoms with Crippen molar-refractivity contribution in [2.75, 3.05) is 24.7 Å². The molecular formula is C16H21NO3. The van der Waals surface area contributed by atoms with Gasteiger partial charge in [-0.25, -0.2) is 0 Å². The molecule has 20 heavy (non-hydrogen) atoms. The SMILES string of the molecule is CC1Cc2ccccc2N1CC1(C(=O)O)CCOCC1. The summed E-state index contributed by atoms with van der Waals surface area (Å²) in [5.41, 5.74) is 1.86. The maximum absolute atomic E-state index is 11.8. The highest BCUT2D eigenvalue weighted by Crippen LogP contribution is 2.38. The summed E-state index contributed by atoms with van der Waals surface area (Å²) in [7, 11) is 0. The number of benzene rings is 1. The zero-order valence-electron chi connectivity index (χ0n) is 11.8. The largest absolute Gasteiger partial charge is 0.481 e. The monoisotopic (exact) mass is 275 g/mol. The number of carbonyl (C=O) groups is 1. The number of ether oxygens (including phenoxy) is 1. The van der Waals surface area contributed by atoms with Crippen LogP contribution in [0.5, 0.6) is 0 Å². The Balaban J connectivity index is 1.87. The number of hydrogen-bond donors (Lipinski definition) is 1. The van der Waals surface area contributed by atoms with Crippen LogP contribution in [0.3, 0.4) is 0 Å². The van der Waals surface area contributed by atoms with E-state index in [1.807, 2.05) is 6.07 Å². The number of hydrogen-bond acceptors (Lipinski definition) is 3. The quantitative estimate of drug-likeness (QED) is 0.919. The maximum Gasteiger partial charge on any atom is 0.311 e. The first-order valence-corrected chi connectivity index (χ1v) is 7.28. The number of aliphatic carboxylic acids is 1. The Morgan fingerprint density at radius 3 is 2.80 bits per heavy atom. The highest BCUT2D eigenvalue weighted by molar-refractivity contribution is 5.76. The van der Waals surface area contributed by atoms with Crippen LogP contribution in [0.1, 0.15) is 25.3 Å². The van der Waals surface area contributed by atoms with Crippen LogP contribution in [0.4, 0.5) is 5.69 Å². The van der Waals surface area contributed by atoms with Gasteiger partial charge in [-0.2, -0.15) is 0 Å². The molecule has 108 valence electrons. The number of carboxylic acids is 1. The molecule has 1 aromatic rings. The van der Waals surface area contributed by atoms with Crippen molar-refractivity contribution in [3.63, 3.8) is 0 Å². The second-order valence-electron chi connectivity index (χ2n) is 6.01. The minimum atomic E-state index is -0.683. The van der Waals surface area contributed by atoms with Crippen molar-refractivity contribution in [2.24, 2.45) is 5.41 Å². The van der Waals surface area contributed by atoms with Crippen LogP contribution in [0.25, 0.3) is 0 Å². The zero-order valence-corrected chi connectivity index (χ0v) is 11.8. The molecule has 3 rings (SSSR count). The van der Waals surface area contributed by atoms with Crippen LogP contribution >= 0.6 is 0 Å². The van der Waals surface area contributed by atoms with Gasteiger partial charge in [0.15, 0.2) is 0 Å². The predicted molar refractivity (Wildman–Crippen MR) is 77.1 cm³/mol. The number of para-hydroxylation sites is 1. The second-order valence-corrected chi connectivity index (χ2v) is 6.01. The second kappa shape index (κ2) is 5.09. The predicted octanol–water partition coefficient (Wildman–Crippen LogP) is 2.32. The first-order valence-electron chi connectivity index (χ1n) is 7.28. The van der Waals surface area contributed by atoms with Crippen molar-refractivity contribution in [3.05, 3.63) is 29.8 Å². The summed E-state index contributed by atoms with van der Waals surface area (Å²) in [6.45, 7) is 3.87. The van der Waals surface area contributed by atoms with E-state index in [0.717, 1.165) is 6.42 Å². The van der Waals surface area contributed by atoms with Crippen molar-refractivity contribution >= 4 is 11.7 Å². The van der Waals surface area contributed by atoms with E-state index < -0.39 is 11.4 Å². The van der Waals surface area contributed by atoms with Crippen LogP contribution < -0.4 is 4.90 Å². The first kappa shape index (κ1) is 13.4. The molecule has 0 radical (unpaired) electrons. The topological polar surface area (TPSA) is 49.8 Å². The lowest BCUT2D eigenvalue weighted by atomic mass is 9.79. The molecule has 4 nitrogen and oxygen atoms in total. The Labute approximate surface area is 119 Å². The summed E-state index contributed by atoms with van der Waals surface area (Å²) in [6, 6.07) is 8.70. The summed E-state index contributed by atoms with van der Waals surface area (Å²) >= 11 is 0. The van der Waals surface area contributed by atoms with Crippen molar-refractivity contribution in [1.29, 1.82) is 0 Å². The molecular weight excluding hydrogens is 254 g/mol. The molecule has 4 heteroatoms. The molecule has 2 aliphatic rings. The van der Waals surface area contributed by atoms with Gasteiger partial charge in [-0.05, 0) is 37.8 Å². The van der Waals surface area contributed by atoms with Crippen LogP contribution in [-0.4, -0.2) is 36.9 Å². The normalized spacial score (nSPS) is 24.4. The smallest absolute Gasteiger partial charge is 0.311 e. The molecule has 0 amide bonds. The van der Waals surface area contributed by atoms with Gasteiger partial charge in [-0.3, -0.25) is 4.79 Å². The molecule has 1 fully saturated rings. The number of fused-ring (bicyclic) bond motifs is 1. The molecule has 1 N–H and O–H groups in total. The van der Waals surface area contributed by atoms with Gasteiger partial charge < -0.3 is 14.7 Å². The van der Waals surface area contributed by atoms with E-state index in [1.54, 1.807) is 0 Å². The van der Waals surface area contributed by atoms with Crippen LogP contribution in [0.15, 0.2) is 24.3 Å². The summed E-state index contributed by atoms with van der Waals surface area (Å²) < 4.78 is 5.35. The molecule has 1 unspecified atom stereocenters. The summed E-state index contributed by atoms with van der Waals surface area (Å²) in [5, 5.41) is 9.70. The molecule has 2 aliphatic heterocycles. The van der Waals surface area contributed by atoms with Crippen molar-refractivity contribution in [3.8, 4) is 0 Å². The van der Waals surface area contributed by atoms with Crippen molar-refractivity contribution in [1.82, 2.24) is 0 Å². The molecule has 1 atom stereocenters. The molecule has 0 spiro atoms. The van der Waals surface area contributed by atoms with E-state index in [4.69, 9.17) is 4.74 Å². The van der Waals surface area contributed by atoms with Crippen molar-refractivity contribution < 1.29 is 14.6 Å². The van der Waals surface area contributed by atoms with E-state index >= 15 is 0 Å².